The summed E-state index contributed by atoms with van der Waals surface area (Å²) in [5.74, 6) is 1.20. The molecule has 3 heterocycles. The number of H-pyrrole nitrogens is 1. The summed E-state index contributed by atoms with van der Waals surface area (Å²) in [6.45, 7) is 6.63. The summed E-state index contributed by atoms with van der Waals surface area (Å²) in [5.41, 5.74) is 1.63. The number of nitrogens with zero attached hydrogens (tertiary/aromatic N) is 4. The van der Waals surface area contributed by atoms with Crippen LogP contribution in [0.1, 0.15) is 19.8 Å². The van der Waals surface area contributed by atoms with Crippen molar-refractivity contribution in [1.29, 1.82) is 0 Å². The van der Waals surface area contributed by atoms with Gasteiger partial charge in [0.15, 0.2) is 10.4 Å². The summed E-state index contributed by atoms with van der Waals surface area (Å²) in [4.78, 5) is 14.2. The molecule has 0 atom stereocenters. The van der Waals surface area contributed by atoms with E-state index in [4.69, 9.17) is 17.0 Å². The lowest BCUT2D eigenvalue weighted by Crippen LogP contribution is -2.34. The molecule has 0 unspecified atom stereocenters. The van der Waals surface area contributed by atoms with Crippen LogP contribution in [0.2, 0.25) is 0 Å². The highest BCUT2D eigenvalue weighted by molar-refractivity contribution is 7.71. The van der Waals surface area contributed by atoms with E-state index in [1.807, 2.05) is 0 Å². The fourth-order valence-electron chi connectivity index (χ4n) is 3.01. The van der Waals surface area contributed by atoms with E-state index in [1.165, 1.54) is 32.3 Å². The Kier molecular flexibility index (Phi) is 4.21. The lowest BCUT2D eigenvalue weighted by Gasteiger charge is -2.31. The molecular formula is C14H21N5OS. The smallest absolute Gasteiger partial charge is 0.242 e. The Morgan fingerprint density at radius 1 is 1.38 bits per heavy atom. The van der Waals surface area contributed by atoms with Gasteiger partial charge in [0.2, 0.25) is 5.88 Å². The summed E-state index contributed by atoms with van der Waals surface area (Å²) < 4.78 is 8.05. The van der Waals surface area contributed by atoms with Crippen LogP contribution < -0.4 is 4.74 Å². The van der Waals surface area contributed by atoms with E-state index in [1.54, 1.807) is 7.11 Å². The van der Waals surface area contributed by atoms with Gasteiger partial charge in [0, 0.05) is 6.54 Å². The number of ether oxygens (including phenoxy) is 1. The van der Waals surface area contributed by atoms with Gasteiger partial charge >= 0.3 is 0 Å². The lowest BCUT2D eigenvalue weighted by molar-refractivity contribution is 0.181. The maximum absolute atomic E-state index is 5.45. The van der Waals surface area contributed by atoms with Crippen LogP contribution in [0.5, 0.6) is 5.88 Å². The molecular weight excluding hydrogens is 286 g/mol. The third-order valence-electron chi connectivity index (χ3n) is 4.31. The van der Waals surface area contributed by atoms with Crippen molar-refractivity contribution in [2.45, 2.75) is 26.3 Å². The van der Waals surface area contributed by atoms with Gasteiger partial charge < -0.3 is 19.2 Å². The first-order valence-electron chi connectivity index (χ1n) is 7.42. The molecule has 0 aromatic carbocycles. The molecule has 1 saturated heterocycles. The molecule has 0 radical (unpaired) electrons. The predicted octanol–water partition coefficient (Wildman–Crippen LogP) is 2.23. The van der Waals surface area contributed by atoms with Gasteiger partial charge in [0.25, 0.3) is 0 Å². The van der Waals surface area contributed by atoms with Crippen molar-refractivity contribution < 1.29 is 4.74 Å². The molecule has 0 aliphatic carbocycles. The Hall–Kier alpha value is -1.47. The van der Waals surface area contributed by atoms with Crippen molar-refractivity contribution in [1.82, 2.24) is 24.4 Å². The monoisotopic (exact) mass is 307 g/mol. The number of piperidine rings is 1. The van der Waals surface area contributed by atoms with Crippen LogP contribution in [0, 0.1) is 10.7 Å². The predicted molar refractivity (Wildman–Crippen MR) is 84.1 cm³/mol. The van der Waals surface area contributed by atoms with Crippen LogP contribution in [0.25, 0.3) is 11.2 Å². The van der Waals surface area contributed by atoms with Crippen molar-refractivity contribution in [3.63, 3.8) is 0 Å². The van der Waals surface area contributed by atoms with E-state index < -0.39 is 0 Å². The number of aromatic amines is 1. The largest absolute Gasteiger partial charge is 0.479 e. The van der Waals surface area contributed by atoms with Crippen molar-refractivity contribution in [3.8, 4) is 5.88 Å². The molecule has 0 bridgehead atoms. The second kappa shape index (κ2) is 6.11. The van der Waals surface area contributed by atoms with Gasteiger partial charge in [-0.1, -0.05) is 6.92 Å². The van der Waals surface area contributed by atoms with Crippen LogP contribution in [-0.4, -0.2) is 51.2 Å². The zero-order chi connectivity index (χ0) is 14.8. The Balaban J connectivity index is 1.84. The number of fused-ring (bicyclic) bond motifs is 1. The number of methoxy groups -OCH3 is 1. The van der Waals surface area contributed by atoms with Crippen molar-refractivity contribution >= 4 is 23.4 Å². The fourth-order valence-corrected chi connectivity index (χ4v) is 3.28. The maximum atomic E-state index is 5.45. The topological polar surface area (TPSA) is 59.0 Å². The molecule has 1 N–H and O–H groups in total. The molecule has 3 rings (SSSR count). The quantitative estimate of drug-likeness (QED) is 0.878. The summed E-state index contributed by atoms with van der Waals surface area (Å²) in [5, 5.41) is 0. The molecule has 2 aromatic rings. The third-order valence-corrected chi connectivity index (χ3v) is 4.64. The molecule has 7 heteroatoms. The van der Waals surface area contributed by atoms with Gasteiger partial charge in [-0.3, -0.25) is 0 Å². The highest BCUT2D eigenvalue weighted by atomic mass is 32.1. The zero-order valence-corrected chi connectivity index (χ0v) is 13.3. The molecule has 21 heavy (non-hydrogen) atoms. The third kappa shape index (κ3) is 2.80. The van der Waals surface area contributed by atoms with Gasteiger partial charge in [0.05, 0.1) is 7.11 Å². The average Bonchev–Trinajstić information content (AvgIpc) is 2.84. The Bertz CT molecular complexity index is 672. The SMILES string of the molecule is CCN1CCC(Cn2c(=S)[nH]c3c(OC)ncnc32)CC1. The van der Waals surface area contributed by atoms with Gasteiger partial charge in [0.1, 0.15) is 11.8 Å². The number of rotatable bonds is 4. The minimum atomic E-state index is 0.547. The lowest BCUT2D eigenvalue weighted by atomic mass is 9.97. The van der Waals surface area contributed by atoms with Crippen LogP contribution in [0.3, 0.4) is 0 Å². The van der Waals surface area contributed by atoms with Crippen LogP contribution in [-0.2, 0) is 6.54 Å². The molecule has 6 nitrogen and oxygen atoms in total. The average molecular weight is 307 g/mol. The Morgan fingerprint density at radius 2 is 2.14 bits per heavy atom. The fraction of sp³-hybridized carbons (Fsp3) is 0.643. The molecule has 1 aliphatic heterocycles. The van der Waals surface area contributed by atoms with Crippen LogP contribution >= 0.6 is 12.2 Å². The molecule has 0 spiro atoms. The van der Waals surface area contributed by atoms with Crippen molar-refractivity contribution in [2.24, 2.45) is 5.92 Å². The number of nitrogens with one attached hydrogen (secondary N) is 1. The molecule has 0 saturated carbocycles. The number of likely N-dealkylation sites (tertiary alicyclic amines) is 1. The van der Waals surface area contributed by atoms with Crippen LogP contribution in [0.15, 0.2) is 6.33 Å². The minimum Gasteiger partial charge on any atom is -0.479 e. The highest BCUT2D eigenvalue weighted by Gasteiger charge is 2.20. The van der Waals surface area contributed by atoms with Gasteiger partial charge in [-0.05, 0) is 50.6 Å². The number of hydrogen-bond donors (Lipinski definition) is 1. The first-order chi connectivity index (χ1) is 10.2. The summed E-state index contributed by atoms with van der Waals surface area (Å²) in [6.07, 6.45) is 3.95. The zero-order valence-electron chi connectivity index (χ0n) is 12.5. The Morgan fingerprint density at radius 3 is 2.81 bits per heavy atom. The minimum absolute atomic E-state index is 0.547. The van der Waals surface area contributed by atoms with Crippen molar-refractivity contribution in [2.75, 3.05) is 26.7 Å². The standard InChI is InChI=1S/C14H21N5OS/c1-3-18-6-4-10(5-7-18)8-19-12-11(17-14(19)21)13(20-2)16-9-15-12/h9-10H,3-8H2,1-2H3,(H,17,21). The summed E-state index contributed by atoms with van der Waals surface area (Å²) in [6, 6.07) is 0. The van der Waals surface area contributed by atoms with E-state index in [0.29, 0.717) is 16.6 Å². The van der Waals surface area contributed by atoms with E-state index in [0.717, 1.165) is 24.3 Å². The molecule has 1 fully saturated rings. The van der Waals surface area contributed by atoms with Gasteiger partial charge in [-0.15, -0.1) is 0 Å². The number of imidazole rings is 1. The first-order valence-corrected chi connectivity index (χ1v) is 7.83. The molecule has 0 amide bonds. The number of aromatic nitrogens is 4. The highest BCUT2D eigenvalue weighted by Crippen LogP contribution is 2.24. The van der Waals surface area contributed by atoms with Crippen molar-refractivity contribution in [3.05, 3.63) is 11.1 Å². The first kappa shape index (κ1) is 14.5. The number of hydrogen-bond acceptors (Lipinski definition) is 5. The Labute approximate surface area is 129 Å². The molecule has 1 aliphatic rings. The van der Waals surface area contributed by atoms with Gasteiger partial charge in [-0.2, -0.15) is 4.98 Å². The second-order valence-corrected chi connectivity index (χ2v) is 5.89. The van der Waals surface area contributed by atoms with Crippen LogP contribution in [0.4, 0.5) is 0 Å². The summed E-state index contributed by atoms with van der Waals surface area (Å²) >= 11 is 5.45. The normalized spacial score (nSPS) is 17.4. The van der Waals surface area contributed by atoms with E-state index in [9.17, 15) is 0 Å². The van der Waals surface area contributed by atoms with E-state index in [-0.39, 0.29) is 0 Å². The maximum Gasteiger partial charge on any atom is 0.242 e. The van der Waals surface area contributed by atoms with E-state index in [2.05, 4.69) is 31.3 Å². The van der Waals surface area contributed by atoms with E-state index >= 15 is 0 Å². The molecule has 2 aromatic heterocycles. The molecule has 114 valence electrons. The summed E-state index contributed by atoms with van der Waals surface area (Å²) in [7, 11) is 1.61. The van der Waals surface area contributed by atoms with Gasteiger partial charge in [-0.25, -0.2) is 4.98 Å². The second-order valence-electron chi connectivity index (χ2n) is 5.50.